The lowest BCUT2D eigenvalue weighted by molar-refractivity contribution is -0.479. The quantitative estimate of drug-likeness (QED) is 0.0695. The van der Waals surface area contributed by atoms with Crippen LogP contribution in [0.5, 0.6) is 0 Å². The van der Waals surface area contributed by atoms with Crippen LogP contribution < -0.4 is 28.5 Å². The number of nitrogens with zero attached hydrogens (tertiary/aromatic N) is 3. The molecule has 12 rings (SSSR count). The summed E-state index contributed by atoms with van der Waals surface area (Å²) in [7, 11) is -2.92. The van der Waals surface area contributed by atoms with Crippen molar-refractivity contribution in [2.75, 3.05) is 0 Å². The van der Waals surface area contributed by atoms with E-state index in [1.807, 2.05) is 0 Å². The van der Waals surface area contributed by atoms with Crippen molar-refractivity contribution in [3.8, 4) is 0 Å². The third kappa shape index (κ3) is 20.5. The largest absolute Gasteiger partial charge is 0.907 e. The number of halogens is 36. The molecular formula is C84H48BF36N3O3. The number of para-hydroxylation sites is 12. The van der Waals surface area contributed by atoms with E-state index in [4.69, 9.17) is 15.1 Å². The van der Waals surface area contributed by atoms with E-state index in [2.05, 4.69) is 0 Å². The molecule has 0 atom stereocenters. The van der Waals surface area contributed by atoms with Crippen molar-refractivity contribution in [2.24, 2.45) is 0 Å². The number of quaternary nitrogens is 3. The molecular weight excluding hydrogens is 1790 g/mol. The lowest BCUT2D eigenvalue weighted by Crippen LogP contribution is -2.56. The number of rotatable bonds is 12. The van der Waals surface area contributed by atoms with Gasteiger partial charge in [-0.1, -0.05) is 146 Å². The first kappa shape index (κ1) is 98.7. The Morgan fingerprint density at radius 3 is 0.236 bits per heavy atom. The monoisotopic (exact) mass is 1840 g/mol. The van der Waals surface area contributed by atoms with Gasteiger partial charge >= 0.3 is 74.1 Å². The molecule has 0 N–H and O–H groups in total. The highest BCUT2D eigenvalue weighted by Crippen LogP contribution is 2.67. The van der Waals surface area contributed by atoms with Crippen LogP contribution in [0.15, 0.2) is 291 Å². The van der Waals surface area contributed by atoms with E-state index in [1.54, 1.807) is 0 Å². The molecule has 0 unspecified atom stereocenters. The highest BCUT2D eigenvalue weighted by molar-refractivity contribution is 6.24. The Hall–Kier alpha value is -12.1. The Morgan fingerprint density at radius 2 is 0.181 bits per heavy atom. The maximum Gasteiger partial charge on any atom is 0.422 e. The topological polar surface area (TPSA) is 69.2 Å². The predicted molar refractivity (Wildman–Crippen MR) is 385 cm³/mol. The van der Waals surface area contributed by atoms with Gasteiger partial charge in [0, 0.05) is 72.8 Å². The molecule has 0 fully saturated rings. The smallest absolute Gasteiger partial charge is 0.422 e. The molecule has 0 saturated carbocycles. The summed E-state index contributed by atoms with van der Waals surface area (Å²) in [5.74, 6) is 0. The maximum absolute atomic E-state index is 14.5. The van der Waals surface area contributed by atoms with Crippen LogP contribution in [0, 0.1) is 0 Å². The van der Waals surface area contributed by atoms with Gasteiger partial charge in [0.1, 0.15) is 66.8 Å². The van der Waals surface area contributed by atoms with E-state index in [9.17, 15) is 158 Å². The SMILES string of the molecule is FC(F)(F)c1ccccc1[N+](c1ccccc1C(F)(F)F)(c1ccccc1C(F)(F)F)c1ccccc1C(F)(F)F.FC(F)(F)c1ccccc1[N+](c1ccccc1C(F)(F)F)(c1ccccc1C(F)(F)F)c1ccccc1C(F)(F)F.FC(F)(F)c1ccccc1[N+](c1ccccc1C(F)(F)F)(c1ccccc1C(F)(F)F)c1ccccc1C(F)(F)F.[O-]B([O-])[O-]. The van der Waals surface area contributed by atoms with Gasteiger partial charge < -0.3 is 15.1 Å². The van der Waals surface area contributed by atoms with Gasteiger partial charge in [-0.3, -0.25) is 7.32 Å². The van der Waals surface area contributed by atoms with E-state index in [0.717, 1.165) is 146 Å². The number of benzene rings is 12. The first-order valence-electron chi connectivity index (χ1n) is 35.1. The molecule has 6 nitrogen and oxygen atoms in total. The number of alkyl halides is 36. The van der Waals surface area contributed by atoms with Crippen LogP contribution in [0.25, 0.3) is 0 Å². The average Bonchev–Trinajstić information content (AvgIpc) is 0.707. The first-order valence-corrected chi connectivity index (χ1v) is 35.1. The van der Waals surface area contributed by atoms with Crippen molar-refractivity contribution in [3.05, 3.63) is 358 Å². The summed E-state index contributed by atoms with van der Waals surface area (Å²) in [6, 6.07) is 31.9. The summed E-state index contributed by atoms with van der Waals surface area (Å²) in [6.07, 6.45) is -64.9. The number of hydrogen-bond donors (Lipinski definition) is 0. The zero-order chi connectivity index (χ0) is 94.9. The second-order valence-corrected chi connectivity index (χ2v) is 26.5. The maximum atomic E-state index is 14.5. The summed E-state index contributed by atoms with van der Waals surface area (Å²) in [5.41, 5.74) is -36.7. The molecule has 0 heterocycles. The van der Waals surface area contributed by atoms with Crippen LogP contribution >= 0.6 is 0 Å². The van der Waals surface area contributed by atoms with Gasteiger partial charge in [0.2, 0.25) is 0 Å². The Kier molecular flexibility index (Phi) is 28.0. The molecule has 0 aliphatic heterocycles. The molecule has 43 heteroatoms. The number of hydrogen-bond acceptors (Lipinski definition) is 3. The molecule has 0 amide bonds. The molecule has 0 aliphatic carbocycles. The van der Waals surface area contributed by atoms with E-state index in [-0.39, 0.29) is 0 Å². The lowest BCUT2D eigenvalue weighted by Gasteiger charge is -2.41. The molecule has 12 aromatic carbocycles. The molecule has 0 radical (unpaired) electrons. The molecule has 127 heavy (non-hydrogen) atoms. The van der Waals surface area contributed by atoms with E-state index in [0.29, 0.717) is 146 Å². The van der Waals surface area contributed by atoms with Gasteiger partial charge in [-0.25, -0.2) is 0 Å². The summed E-state index contributed by atoms with van der Waals surface area (Å²) in [6.45, 7) is 0. The highest BCUT2D eigenvalue weighted by Gasteiger charge is 2.62. The van der Waals surface area contributed by atoms with Gasteiger partial charge in [0.05, 0.1) is 0 Å². The fourth-order valence-corrected chi connectivity index (χ4v) is 14.4. The lowest BCUT2D eigenvalue weighted by atomic mass is 9.95. The first-order chi connectivity index (χ1) is 58.5. The highest BCUT2D eigenvalue weighted by atomic mass is 19.5. The molecule has 0 aromatic heterocycles. The van der Waals surface area contributed by atoms with Crippen LogP contribution in [-0.4, -0.2) is 7.32 Å². The van der Waals surface area contributed by atoms with Gasteiger partial charge in [-0.05, 0) is 72.8 Å². The van der Waals surface area contributed by atoms with Crippen LogP contribution in [0.3, 0.4) is 0 Å². The second kappa shape index (κ2) is 36.0. The van der Waals surface area contributed by atoms with Crippen LogP contribution in [-0.2, 0) is 74.1 Å². The van der Waals surface area contributed by atoms with Gasteiger partial charge in [0.25, 0.3) is 0 Å². The molecule has 0 bridgehead atoms. The summed E-state index contributed by atoms with van der Waals surface area (Å²) in [5, 5.41) is 25.2. The minimum atomic E-state index is -5.41. The van der Waals surface area contributed by atoms with Crippen LogP contribution in [0.1, 0.15) is 66.8 Å². The molecule has 672 valence electrons. The Labute approximate surface area is 692 Å². The minimum Gasteiger partial charge on any atom is -0.907 e. The standard InChI is InChI=1S/3C28H16F12N.BO3/c3*29-25(30,31)17-9-1-5-13-21(17)41(22-14-6-2-10-18(22)26(32,33)34,23-15-7-3-11-19(23)27(35,36)37)24-16-8-4-12-20(24)28(38,39)40;2-1(3)4/h3*1-16H;/q3*+1;-3. The minimum absolute atomic E-state index is 0.380. The Morgan fingerprint density at radius 1 is 0.126 bits per heavy atom. The fraction of sp³-hybridized carbons (Fsp3) is 0.143. The van der Waals surface area contributed by atoms with Crippen molar-refractivity contribution in [1.82, 2.24) is 13.4 Å². The van der Waals surface area contributed by atoms with Crippen LogP contribution in [0.4, 0.5) is 226 Å². The molecule has 12 aromatic rings. The second-order valence-electron chi connectivity index (χ2n) is 26.5. The van der Waals surface area contributed by atoms with Gasteiger partial charge in [-0.2, -0.15) is 172 Å². The fourth-order valence-electron chi connectivity index (χ4n) is 14.4. The third-order valence-corrected chi connectivity index (χ3v) is 18.8. The van der Waals surface area contributed by atoms with Gasteiger partial charge in [-0.15, -0.1) is 0 Å². The predicted octanol–water partition coefficient (Wildman–Crippen LogP) is 29.2. The van der Waals surface area contributed by atoms with E-state index >= 15 is 0 Å². The summed E-state index contributed by atoms with van der Waals surface area (Å²) in [4.78, 5) is 0. The van der Waals surface area contributed by atoms with Crippen LogP contribution in [0.2, 0.25) is 0 Å². The summed E-state index contributed by atoms with van der Waals surface area (Å²) >= 11 is 0. The van der Waals surface area contributed by atoms with Crippen molar-refractivity contribution in [1.29, 1.82) is 0 Å². The normalized spacial score (nSPS) is 13.2. The zero-order valence-corrected chi connectivity index (χ0v) is 62.5. The average molecular weight is 1840 g/mol. The molecule has 0 spiro atoms. The van der Waals surface area contributed by atoms with Gasteiger partial charge in [0.15, 0.2) is 68.2 Å². The van der Waals surface area contributed by atoms with Crippen molar-refractivity contribution >= 4 is 75.6 Å². The molecule has 0 saturated heterocycles. The third-order valence-electron chi connectivity index (χ3n) is 18.8. The summed E-state index contributed by atoms with van der Waals surface area (Å²) < 4.78 is 513. The van der Waals surface area contributed by atoms with Crippen molar-refractivity contribution in [3.63, 3.8) is 0 Å². The van der Waals surface area contributed by atoms with E-state index in [1.165, 1.54) is 0 Å². The van der Waals surface area contributed by atoms with Crippen molar-refractivity contribution in [2.45, 2.75) is 74.1 Å². The Bertz CT molecular complexity index is 4570. The molecule has 0 aliphatic rings. The van der Waals surface area contributed by atoms with E-state index < -0.39 is 230 Å². The zero-order valence-electron chi connectivity index (χ0n) is 62.5. The Balaban J connectivity index is 0.000000211. The van der Waals surface area contributed by atoms with Crippen molar-refractivity contribution < 1.29 is 173 Å².